The van der Waals surface area contributed by atoms with Crippen LogP contribution in [0.5, 0.6) is 0 Å². The molecule has 0 saturated carbocycles. The smallest absolute Gasteiger partial charge is 0.140 e. The molecule has 0 N–H and O–H groups in total. The number of aryl methyl sites for hydroxylation is 1. The van der Waals surface area contributed by atoms with Crippen molar-refractivity contribution in [2.24, 2.45) is 7.05 Å². The second-order valence-electron chi connectivity index (χ2n) is 10.0. The van der Waals surface area contributed by atoms with Gasteiger partial charge in [0.15, 0.2) is 0 Å². The highest BCUT2D eigenvalue weighted by Gasteiger charge is 2.18. The van der Waals surface area contributed by atoms with Crippen LogP contribution in [0.25, 0.3) is 72.3 Å². The summed E-state index contributed by atoms with van der Waals surface area (Å²) in [4.78, 5) is 9.79. The molecule has 190 valence electrons. The fourth-order valence-electron chi connectivity index (χ4n) is 5.85. The lowest BCUT2D eigenvalue weighted by atomic mass is 10.1. The first-order chi connectivity index (χ1) is 19.8. The van der Waals surface area contributed by atoms with Crippen LogP contribution < -0.4 is 0 Å². The molecule has 0 amide bonds. The largest absolute Gasteiger partial charge is 0.327 e. The zero-order valence-corrected chi connectivity index (χ0v) is 22.6. The van der Waals surface area contributed by atoms with E-state index in [4.69, 9.17) is 4.98 Å². The number of aromatic nitrogens is 4. The highest BCUT2D eigenvalue weighted by molar-refractivity contribution is 7.08. The van der Waals surface area contributed by atoms with Crippen LogP contribution in [0.15, 0.2) is 126 Å². The van der Waals surface area contributed by atoms with Gasteiger partial charge in [0, 0.05) is 46.4 Å². The quantitative estimate of drug-likeness (QED) is 0.227. The lowest BCUT2D eigenvalue weighted by Gasteiger charge is -2.11. The van der Waals surface area contributed by atoms with E-state index in [1.807, 2.05) is 18.3 Å². The van der Waals surface area contributed by atoms with Crippen molar-refractivity contribution in [3.63, 3.8) is 0 Å². The molecule has 8 aromatic rings. The van der Waals surface area contributed by atoms with Crippen molar-refractivity contribution in [3.8, 4) is 39.5 Å². The Balaban J connectivity index is 1.36. The number of rotatable bonds is 4. The predicted octanol–water partition coefficient (Wildman–Crippen LogP) is 9.13. The van der Waals surface area contributed by atoms with Gasteiger partial charge in [0.25, 0.3) is 0 Å². The average Bonchev–Trinajstić information content (AvgIpc) is 3.74. The third kappa shape index (κ3) is 3.52. The maximum Gasteiger partial charge on any atom is 0.140 e. The first-order valence-corrected chi connectivity index (χ1v) is 14.2. The maximum atomic E-state index is 5.21. The molecule has 4 aromatic heterocycles. The minimum absolute atomic E-state index is 0.957. The molecule has 0 saturated heterocycles. The van der Waals surface area contributed by atoms with Crippen LogP contribution in [0.4, 0.5) is 0 Å². The van der Waals surface area contributed by atoms with E-state index in [2.05, 4.69) is 129 Å². The van der Waals surface area contributed by atoms with Crippen LogP contribution in [0.1, 0.15) is 0 Å². The Hall–Kier alpha value is -5.00. The topological polar surface area (TPSA) is 35.6 Å². The van der Waals surface area contributed by atoms with Crippen LogP contribution >= 0.6 is 11.3 Å². The van der Waals surface area contributed by atoms with Gasteiger partial charge in [0.1, 0.15) is 5.82 Å². The predicted molar refractivity (Wildman–Crippen MR) is 167 cm³/mol. The summed E-state index contributed by atoms with van der Waals surface area (Å²) in [5.41, 5.74) is 11.1. The molecule has 0 aliphatic rings. The number of para-hydroxylation sites is 2. The first kappa shape index (κ1) is 22.9. The molecule has 4 aromatic carbocycles. The highest BCUT2D eigenvalue weighted by Crippen LogP contribution is 2.37. The number of fused-ring (bicyclic) bond motifs is 4. The van der Waals surface area contributed by atoms with Gasteiger partial charge in [-0.05, 0) is 64.9 Å². The van der Waals surface area contributed by atoms with Crippen LogP contribution in [-0.2, 0) is 7.05 Å². The molecule has 0 aliphatic carbocycles. The van der Waals surface area contributed by atoms with Crippen molar-refractivity contribution >= 4 is 44.2 Å². The lowest BCUT2D eigenvalue weighted by Crippen LogP contribution is -1.96. The van der Waals surface area contributed by atoms with Crippen LogP contribution in [0.2, 0.25) is 0 Å². The minimum atomic E-state index is 0.957. The van der Waals surface area contributed by atoms with Crippen LogP contribution in [0.3, 0.4) is 0 Å². The monoisotopic (exact) mass is 532 g/mol. The number of benzene rings is 4. The molecule has 0 fully saturated rings. The molecule has 0 aliphatic heterocycles. The highest BCUT2D eigenvalue weighted by atomic mass is 32.1. The normalized spacial score (nSPS) is 11.6. The van der Waals surface area contributed by atoms with Gasteiger partial charge in [0.05, 0.1) is 27.8 Å². The summed E-state index contributed by atoms with van der Waals surface area (Å²) >= 11 is 1.71. The molecule has 0 spiro atoms. The van der Waals surface area contributed by atoms with Crippen molar-refractivity contribution < 1.29 is 0 Å². The summed E-state index contributed by atoms with van der Waals surface area (Å²) < 4.78 is 4.57. The molecule has 0 atom stereocenters. The first-order valence-electron chi connectivity index (χ1n) is 13.3. The third-order valence-electron chi connectivity index (χ3n) is 7.74. The zero-order valence-electron chi connectivity index (χ0n) is 21.8. The SMILES string of the molecule is Cn1c(-c2ccc3c4ccccc4n(-c4cccc(-c5ccccn5)c4)c3c2)nc2c(-c3ccsc3)cccc21. The van der Waals surface area contributed by atoms with Gasteiger partial charge < -0.3 is 9.13 Å². The molecule has 0 radical (unpaired) electrons. The van der Waals surface area contributed by atoms with Crippen LogP contribution in [0, 0.1) is 0 Å². The second-order valence-corrected chi connectivity index (χ2v) is 10.8. The summed E-state index contributed by atoms with van der Waals surface area (Å²) in [5.74, 6) is 0.957. The summed E-state index contributed by atoms with van der Waals surface area (Å²) in [5, 5.41) is 6.76. The number of hydrogen-bond acceptors (Lipinski definition) is 3. The Morgan fingerprint density at radius 2 is 1.50 bits per heavy atom. The number of thiophene rings is 1. The van der Waals surface area contributed by atoms with E-state index in [1.165, 1.54) is 27.4 Å². The number of imidazole rings is 1. The van der Waals surface area contributed by atoms with Gasteiger partial charge in [-0.2, -0.15) is 11.3 Å². The van der Waals surface area contributed by atoms with E-state index in [0.717, 1.165) is 44.9 Å². The van der Waals surface area contributed by atoms with Gasteiger partial charge in [-0.25, -0.2) is 4.98 Å². The van der Waals surface area contributed by atoms with Gasteiger partial charge in [0.2, 0.25) is 0 Å². The van der Waals surface area contributed by atoms with E-state index in [-0.39, 0.29) is 0 Å². The fraction of sp³-hybridized carbons (Fsp3) is 0.0286. The van der Waals surface area contributed by atoms with Gasteiger partial charge in [-0.3, -0.25) is 4.98 Å². The van der Waals surface area contributed by atoms with Crippen molar-refractivity contribution in [1.82, 2.24) is 19.1 Å². The van der Waals surface area contributed by atoms with Crippen molar-refractivity contribution in [2.75, 3.05) is 0 Å². The Labute approximate surface area is 235 Å². The molecule has 0 bridgehead atoms. The van der Waals surface area contributed by atoms with E-state index in [1.54, 1.807) is 11.3 Å². The van der Waals surface area contributed by atoms with Gasteiger partial charge in [-0.15, -0.1) is 0 Å². The Morgan fingerprint density at radius 1 is 0.650 bits per heavy atom. The Morgan fingerprint density at radius 3 is 2.38 bits per heavy atom. The summed E-state index contributed by atoms with van der Waals surface area (Å²) in [7, 11) is 2.11. The second kappa shape index (κ2) is 9.04. The van der Waals surface area contributed by atoms with Gasteiger partial charge >= 0.3 is 0 Å². The number of pyridine rings is 1. The number of hydrogen-bond donors (Lipinski definition) is 0. The van der Waals surface area contributed by atoms with E-state index >= 15 is 0 Å². The van der Waals surface area contributed by atoms with Crippen molar-refractivity contribution in [2.45, 2.75) is 0 Å². The van der Waals surface area contributed by atoms with Crippen molar-refractivity contribution in [3.05, 3.63) is 126 Å². The molecule has 4 nitrogen and oxygen atoms in total. The molecular weight excluding hydrogens is 508 g/mol. The summed E-state index contributed by atoms with van der Waals surface area (Å²) in [6.07, 6.45) is 1.84. The van der Waals surface area contributed by atoms with E-state index in [0.29, 0.717) is 0 Å². The van der Waals surface area contributed by atoms with Crippen molar-refractivity contribution in [1.29, 1.82) is 0 Å². The third-order valence-corrected chi connectivity index (χ3v) is 8.42. The summed E-state index contributed by atoms with van der Waals surface area (Å²) in [6.45, 7) is 0. The van der Waals surface area contributed by atoms with Gasteiger partial charge in [-0.1, -0.05) is 60.7 Å². The maximum absolute atomic E-state index is 5.21. The minimum Gasteiger partial charge on any atom is -0.327 e. The number of nitrogens with zero attached hydrogens (tertiary/aromatic N) is 4. The Kier molecular flexibility index (Phi) is 5.18. The summed E-state index contributed by atoms with van der Waals surface area (Å²) in [6, 6.07) is 38.6. The van der Waals surface area contributed by atoms with Crippen LogP contribution in [-0.4, -0.2) is 19.1 Å². The molecule has 8 rings (SSSR count). The van der Waals surface area contributed by atoms with E-state index < -0.39 is 0 Å². The molecule has 4 heterocycles. The Bertz CT molecular complexity index is 2170. The standard InChI is InChI=1S/C35H24N4S/c1-38-32-14-7-11-27(25-17-19-40-22-25)34(32)37-35(38)24-15-16-29-28-10-2-3-13-31(28)39(33(29)21-24)26-9-6-8-23(20-26)30-12-4-5-18-36-30/h2-22H,1H3. The molecule has 0 unspecified atom stereocenters. The zero-order chi connectivity index (χ0) is 26.6. The molecular formula is C35H24N4S. The molecule has 40 heavy (non-hydrogen) atoms. The average molecular weight is 533 g/mol. The molecule has 5 heteroatoms. The fourth-order valence-corrected chi connectivity index (χ4v) is 6.50. The lowest BCUT2D eigenvalue weighted by molar-refractivity contribution is 0.959. The van der Waals surface area contributed by atoms with E-state index in [9.17, 15) is 0 Å².